The number of benzene rings is 1. The summed E-state index contributed by atoms with van der Waals surface area (Å²) in [5.41, 5.74) is 0.791. The number of methoxy groups -OCH3 is 1. The van der Waals surface area contributed by atoms with E-state index in [2.05, 4.69) is 10.3 Å². The summed E-state index contributed by atoms with van der Waals surface area (Å²) < 4.78 is 6.01. The lowest BCUT2D eigenvalue weighted by Gasteiger charge is -1.96. The fourth-order valence-electron chi connectivity index (χ4n) is 1.24. The molecule has 0 unspecified atom stereocenters. The number of rotatable bonds is 3. The first kappa shape index (κ1) is 10.8. The minimum Gasteiger partial charge on any atom is -0.497 e. The Morgan fingerprint density at radius 2 is 2.44 bits per heavy atom. The molecule has 1 amide bonds. The van der Waals surface area contributed by atoms with Gasteiger partial charge in [0.2, 0.25) is 0 Å². The van der Waals surface area contributed by atoms with Crippen molar-refractivity contribution in [2.75, 3.05) is 19.0 Å². The second kappa shape index (κ2) is 4.46. The van der Waals surface area contributed by atoms with Gasteiger partial charge < -0.3 is 9.84 Å². The number of aromatic nitrogens is 1. The van der Waals surface area contributed by atoms with Gasteiger partial charge >= 0.3 is 0 Å². The van der Waals surface area contributed by atoms with Crippen molar-refractivity contribution in [3.05, 3.63) is 18.2 Å². The van der Waals surface area contributed by atoms with Gasteiger partial charge in [-0.05, 0) is 18.2 Å². The Balaban J connectivity index is 2.32. The van der Waals surface area contributed by atoms with E-state index in [1.54, 1.807) is 13.2 Å². The fraction of sp³-hybridized carbons (Fsp3) is 0.200. The van der Waals surface area contributed by atoms with Crippen LogP contribution in [0, 0.1) is 0 Å². The predicted molar refractivity (Wildman–Crippen MR) is 61.9 cm³/mol. The molecule has 2 aromatic rings. The Kier molecular flexibility index (Phi) is 3.02. The van der Waals surface area contributed by atoms with Crippen LogP contribution >= 0.6 is 11.3 Å². The number of nitrogens with one attached hydrogen (secondary N) is 1. The third kappa shape index (κ3) is 2.12. The summed E-state index contributed by atoms with van der Waals surface area (Å²) in [4.78, 5) is 15.2. The van der Waals surface area contributed by atoms with Crippen LogP contribution < -0.4 is 10.1 Å². The molecule has 6 heteroatoms. The second-order valence-corrected chi connectivity index (χ2v) is 4.09. The second-order valence-electron chi connectivity index (χ2n) is 3.06. The van der Waals surface area contributed by atoms with Crippen molar-refractivity contribution >= 4 is 32.6 Å². The van der Waals surface area contributed by atoms with E-state index in [1.165, 1.54) is 11.3 Å². The standard InChI is InChI=1S/C10H10N2O3S/c1-15-6-2-3-7-8(4-6)16-10(11-7)12-9(14)5-13/h2-4,13H,5H2,1H3,(H,11,12,14). The maximum Gasteiger partial charge on any atom is 0.251 e. The molecule has 1 aromatic heterocycles. The van der Waals surface area contributed by atoms with Crippen molar-refractivity contribution < 1.29 is 14.6 Å². The van der Waals surface area contributed by atoms with E-state index in [0.717, 1.165) is 16.0 Å². The summed E-state index contributed by atoms with van der Waals surface area (Å²) in [6.07, 6.45) is 0. The zero-order chi connectivity index (χ0) is 11.5. The molecule has 0 fully saturated rings. The lowest BCUT2D eigenvalue weighted by atomic mass is 10.3. The lowest BCUT2D eigenvalue weighted by Crippen LogP contribution is -2.14. The van der Waals surface area contributed by atoms with E-state index in [9.17, 15) is 4.79 Å². The van der Waals surface area contributed by atoms with Crippen LogP contribution in [0.4, 0.5) is 5.13 Å². The van der Waals surface area contributed by atoms with Gasteiger partial charge in [-0.3, -0.25) is 10.1 Å². The molecule has 1 aromatic carbocycles. The third-order valence-corrected chi connectivity index (χ3v) is 2.92. The Morgan fingerprint density at radius 3 is 3.12 bits per heavy atom. The van der Waals surface area contributed by atoms with E-state index in [4.69, 9.17) is 9.84 Å². The number of fused-ring (bicyclic) bond motifs is 1. The molecule has 2 rings (SSSR count). The number of amides is 1. The Morgan fingerprint density at radius 1 is 1.62 bits per heavy atom. The average molecular weight is 238 g/mol. The number of thiazole rings is 1. The smallest absolute Gasteiger partial charge is 0.251 e. The van der Waals surface area contributed by atoms with E-state index >= 15 is 0 Å². The number of hydrogen-bond donors (Lipinski definition) is 2. The monoisotopic (exact) mass is 238 g/mol. The predicted octanol–water partition coefficient (Wildman–Crippen LogP) is 1.24. The minimum absolute atomic E-state index is 0.467. The summed E-state index contributed by atoms with van der Waals surface area (Å²) in [7, 11) is 1.59. The van der Waals surface area contributed by atoms with Crippen molar-refractivity contribution in [3.8, 4) is 5.75 Å². The SMILES string of the molecule is COc1ccc2nc(NC(=O)CO)sc2c1. The molecule has 0 atom stereocenters. The molecule has 5 nitrogen and oxygen atoms in total. The van der Waals surface area contributed by atoms with Gasteiger partial charge in [0.25, 0.3) is 5.91 Å². The molecule has 0 saturated heterocycles. The number of hydrogen-bond acceptors (Lipinski definition) is 5. The van der Waals surface area contributed by atoms with Crippen molar-refractivity contribution in [1.29, 1.82) is 0 Å². The fourth-order valence-corrected chi connectivity index (χ4v) is 2.15. The molecule has 0 aliphatic carbocycles. The largest absolute Gasteiger partial charge is 0.497 e. The van der Waals surface area contributed by atoms with Gasteiger partial charge in [-0.2, -0.15) is 0 Å². The van der Waals surface area contributed by atoms with Crippen LogP contribution in [0.25, 0.3) is 10.2 Å². The van der Waals surface area contributed by atoms with Crippen molar-refractivity contribution in [1.82, 2.24) is 4.98 Å². The van der Waals surface area contributed by atoms with Gasteiger partial charge in [0, 0.05) is 0 Å². The molecule has 16 heavy (non-hydrogen) atoms. The molecule has 0 radical (unpaired) electrons. The molecule has 0 spiro atoms. The first-order valence-electron chi connectivity index (χ1n) is 4.58. The molecular weight excluding hydrogens is 228 g/mol. The van der Waals surface area contributed by atoms with Gasteiger partial charge in [0.15, 0.2) is 5.13 Å². The number of nitrogens with zero attached hydrogens (tertiary/aromatic N) is 1. The summed E-state index contributed by atoms with van der Waals surface area (Å²) in [5, 5.41) is 11.6. The highest BCUT2D eigenvalue weighted by Gasteiger charge is 2.07. The molecule has 1 heterocycles. The number of carbonyl (C=O) groups excluding carboxylic acids is 1. The highest BCUT2D eigenvalue weighted by atomic mass is 32.1. The summed E-state index contributed by atoms with van der Waals surface area (Å²) >= 11 is 1.34. The highest BCUT2D eigenvalue weighted by Crippen LogP contribution is 2.28. The van der Waals surface area contributed by atoms with Crippen molar-refractivity contribution in [2.45, 2.75) is 0 Å². The first-order chi connectivity index (χ1) is 7.72. The lowest BCUT2D eigenvalue weighted by molar-refractivity contribution is -0.118. The number of ether oxygens (including phenoxy) is 1. The van der Waals surface area contributed by atoms with Crippen LogP contribution in [0.1, 0.15) is 0 Å². The Bertz CT molecular complexity index is 524. The van der Waals surface area contributed by atoms with Crippen LogP contribution in [0.2, 0.25) is 0 Å². The van der Waals surface area contributed by atoms with E-state index in [0.29, 0.717) is 5.13 Å². The molecule has 0 aliphatic rings. The number of aliphatic hydroxyl groups is 1. The normalized spacial score (nSPS) is 10.4. The van der Waals surface area contributed by atoms with Crippen LogP contribution in [0.3, 0.4) is 0 Å². The van der Waals surface area contributed by atoms with Crippen LogP contribution in [0.15, 0.2) is 18.2 Å². The van der Waals surface area contributed by atoms with Crippen molar-refractivity contribution in [3.63, 3.8) is 0 Å². The van der Waals surface area contributed by atoms with Gasteiger partial charge in [-0.25, -0.2) is 4.98 Å². The maximum absolute atomic E-state index is 11.0. The van der Waals surface area contributed by atoms with Gasteiger partial charge in [-0.1, -0.05) is 11.3 Å². The molecular formula is C10H10N2O3S. The number of anilines is 1. The zero-order valence-electron chi connectivity index (χ0n) is 8.56. The van der Waals surface area contributed by atoms with Crippen LogP contribution in [-0.2, 0) is 4.79 Å². The van der Waals surface area contributed by atoms with Crippen LogP contribution in [-0.4, -0.2) is 29.7 Å². The van der Waals surface area contributed by atoms with Crippen molar-refractivity contribution in [2.24, 2.45) is 0 Å². The quantitative estimate of drug-likeness (QED) is 0.843. The first-order valence-corrected chi connectivity index (χ1v) is 5.40. The van der Waals surface area contributed by atoms with E-state index < -0.39 is 12.5 Å². The summed E-state index contributed by atoms with van der Waals surface area (Å²) in [5.74, 6) is 0.280. The molecule has 0 saturated carbocycles. The number of carbonyl (C=O) groups is 1. The van der Waals surface area contributed by atoms with Gasteiger partial charge in [-0.15, -0.1) is 0 Å². The van der Waals surface area contributed by atoms with E-state index in [-0.39, 0.29) is 0 Å². The number of aliphatic hydroxyl groups excluding tert-OH is 1. The van der Waals surface area contributed by atoms with Gasteiger partial charge in [0.1, 0.15) is 12.4 Å². The Labute approximate surface area is 95.7 Å². The van der Waals surface area contributed by atoms with E-state index in [1.807, 2.05) is 12.1 Å². The third-order valence-electron chi connectivity index (χ3n) is 1.99. The Hall–Kier alpha value is -1.66. The topological polar surface area (TPSA) is 71.5 Å². The summed E-state index contributed by atoms with van der Waals surface area (Å²) in [6, 6.07) is 5.47. The molecule has 84 valence electrons. The molecule has 0 aliphatic heterocycles. The molecule has 0 bridgehead atoms. The average Bonchev–Trinajstić information content (AvgIpc) is 2.69. The van der Waals surface area contributed by atoms with Crippen LogP contribution in [0.5, 0.6) is 5.75 Å². The zero-order valence-corrected chi connectivity index (χ0v) is 9.37. The van der Waals surface area contributed by atoms with Gasteiger partial charge in [0.05, 0.1) is 17.3 Å². The summed E-state index contributed by atoms with van der Waals surface area (Å²) in [6.45, 7) is -0.542. The maximum atomic E-state index is 11.0. The minimum atomic E-state index is -0.542. The highest BCUT2D eigenvalue weighted by molar-refractivity contribution is 7.22. The molecule has 2 N–H and O–H groups in total.